The van der Waals surface area contributed by atoms with Gasteiger partial charge in [-0.05, 0) is 37.1 Å². The fraction of sp³-hybridized carbons (Fsp3) is 0.556. The zero-order valence-corrected chi connectivity index (χ0v) is 16.0. The Kier molecular flexibility index (Phi) is 5.37. The van der Waals surface area contributed by atoms with Crippen LogP contribution in [0.15, 0.2) is 17.5 Å². The number of aliphatic hydroxyl groups is 1. The second-order valence-corrected chi connectivity index (χ2v) is 8.72. The number of nitrogens with zero attached hydrogens (tertiary/aromatic N) is 2. The third kappa shape index (κ3) is 3.55. The number of thiazole rings is 1. The Labute approximate surface area is 151 Å². The lowest BCUT2D eigenvalue weighted by molar-refractivity contribution is 0.0476. The summed E-state index contributed by atoms with van der Waals surface area (Å²) < 4.78 is 0. The molecular formula is C18H24N2O2S2. The average molecular weight is 365 g/mol. The highest BCUT2D eigenvalue weighted by Crippen LogP contribution is 2.34. The third-order valence-electron chi connectivity index (χ3n) is 4.61. The van der Waals surface area contributed by atoms with Crippen molar-refractivity contribution in [3.8, 4) is 0 Å². The number of hydrogen-bond donors (Lipinski definition) is 1. The van der Waals surface area contributed by atoms with E-state index in [0.717, 1.165) is 33.3 Å². The lowest BCUT2D eigenvalue weighted by Gasteiger charge is -2.33. The van der Waals surface area contributed by atoms with Crippen molar-refractivity contribution in [2.24, 2.45) is 5.92 Å². The number of carbonyl (C=O) groups excluding carboxylic acids is 1. The van der Waals surface area contributed by atoms with Crippen LogP contribution < -0.4 is 0 Å². The highest BCUT2D eigenvalue weighted by molar-refractivity contribution is 7.13. The van der Waals surface area contributed by atoms with E-state index in [0.29, 0.717) is 19.0 Å². The number of piperidine rings is 1. The molecule has 0 unspecified atom stereocenters. The van der Waals surface area contributed by atoms with Crippen molar-refractivity contribution in [2.45, 2.75) is 45.6 Å². The SMILES string of the molecule is Cc1nc(C(C)C)sc1C(=O)N1CCC([C@H](O)c2cccs2)CC1. The van der Waals surface area contributed by atoms with Crippen molar-refractivity contribution < 1.29 is 9.90 Å². The van der Waals surface area contributed by atoms with E-state index in [-0.39, 0.29) is 11.8 Å². The summed E-state index contributed by atoms with van der Waals surface area (Å²) in [6.07, 6.45) is 1.29. The van der Waals surface area contributed by atoms with Gasteiger partial charge in [0.15, 0.2) is 0 Å². The molecule has 0 radical (unpaired) electrons. The zero-order valence-electron chi connectivity index (χ0n) is 14.4. The first-order chi connectivity index (χ1) is 11.5. The molecule has 1 atom stereocenters. The van der Waals surface area contributed by atoms with Gasteiger partial charge in [0.2, 0.25) is 0 Å². The normalized spacial score (nSPS) is 17.5. The number of aromatic nitrogens is 1. The smallest absolute Gasteiger partial charge is 0.265 e. The van der Waals surface area contributed by atoms with Crippen LogP contribution in [0.25, 0.3) is 0 Å². The second-order valence-electron chi connectivity index (χ2n) is 6.71. The van der Waals surface area contributed by atoms with E-state index in [1.807, 2.05) is 29.3 Å². The van der Waals surface area contributed by atoms with Crippen molar-refractivity contribution >= 4 is 28.6 Å². The van der Waals surface area contributed by atoms with Crippen LogP contribution in [-0.2, 0) is 0 Å². The topological polar surface area (TPSA) is 53.4 Å². The minimum absolute atomic E-state index is 0.0981. The molecule has 4 nitrogen and oxygen atoms in total. The number of likely N-dealkylation sites (tertiary alicyclic amines) is 1. The predicted molar refractivity (Wildman–Crippen MR) is 98.8 cm³/mol. The maximum absolute atomic E-state index is 12.8. The van der Waals surface area contributed by atoms with E-state index in [9.17, 15) is 9.90 Å². The summed E-state index contributed by atoms with van der Waals surface area (Å²) in [5.74, 6) is 0.685. The summed E-state index contributed by atoms with van der Waals surface area (Å²) in [7, 11) is 0. The van der Waals surface area contributed by atoms with Gasteiger partial charge in [-0.2, -0.15) is 0 Å². The number of aliphatic hydroxyl groups excluding tert-OH is 1. The second kappa shape index (κ2) is 7.33. The minimum atomic E-state index is -0.403. The molecule has 2 aromatic rings. The molecule has 0 bridgehead atoms. The van der Waals surface area contributed by atoms with Crippen LogP contribution in [0.2, 0.25) is 0 Å². The van der Waals surface area contributed by atoms with Crippen molar-refractivity contribution in [1.29, 1.82) is 0 Å². The Morgan fingerprint density at radius 2 is 2.08 bits per heavy atom. The van der Waals surface area contributed by atoms with E-state index in [4.69, 9.17) is 0 Å². The number of thiophene rings is 1. The van der Waals surface area contributed by atoms with Gasteiger partial charge in [0.1, 0.15) is 4.88 Å². The van der Waals surface area contributed by atoms with Crippen molar-refractivity contribution in [1.82, 2.24) is 9.88 Å². The Hall–Kier alpha value is -1.24. The van der Waals surface area contributed by atoms with Gasteiger partial charge in [-0.15, -0.1) is 22.7 Å². The van der Waals surface area contributed by atoms with Crippen molar-refractivity contribution in [2.75, 3.05) is 13.1 Å². The Balaban J connectivity index is 1.63. The largest absolute Gasteiger partial charge is 0.387 e. The van der Waals surface area contributed by atoms with Crippen molar-refractivity contribution in [3.05, 3.63) is 38.0 Å². The standard InChI is InChI=1S/C18H24N2O2S2/c1-11(2)17-19-12(3)16(24-17)18(22)20-8-6-13(7-9-20)15(21)14-5-4-10-23-14/h4-5,10-11,13,15,21H,6-9H2,1-3H3/t15-/m0/s1. The molecule has 24 heavy (non-hydrogen) atoms. The number of aryl methyl sites for hydroxylation is 1. The maximum atomic E-state index is 12.8. The van der Waals surface area contributed by atoms with Crippen LogP contribution >= 0.6 is 22.7 Å². The van der Waals surface area contributed by atoms with Gasteiger partial charge in [0.05, 0.1) is 16.8 Å². The van der Waals surface area contributed by atoms with Crippen LogP contribution in [0.5, 0.6) is 0 Å². The molecule has 1 aliphatic rings. The maximum Gasteiger partial charge on any atom is 0.265 e. The number of amides is 1. The quantitative estimate of drug-likeness (QED) is 0.883. The molecular weight excluding hydrogens is 340 g/mol. The van der Waals surface area contributed by atoms with Crippen LogP contribution in [0.1, 0.15) is 64.0 Å². The first kappa shape index (κ1) is 17.6. The number of hydrogen-bond acceptors (Lipinski definition) is 5. The van der Waals surface area contributed by atoms with E-state index in [1.165, 1.54) is 11.3 Å². The van der Waals surface area contributed by atoms with Crippen LogP contribution in [0.3, 0.4) is 0 Å². The van der Waals surface area contributed by atoms with Gasteiger partial charge in [-0.1, -0.05) is 19.9 Å². The summed E-state index contributed by atoms with van der Waals surface area (Å²) in [5.41, 5.74) is 0.842. The number of rotatable bonds is 4. The van der Waals surface area contributed by atoms with Gasteiger partial charge >= 0.3 is 0 Å². The zero-order chi connectivity index (χ0) is 17.3. The first-order valence-corrected chi connectivity index (χ1v) is 10.1. The Morgan fingerprint density at radius 3 is 2.62 bits per heavy atom. The van der Waals surface area contributed by atoms with Crippen LogP contribution in [-0.4, -0.2) is 34.0 Å². The molecule has 130 valence electrons. The summed E-state index contributed by atoms with van der Waals surface area (Å²) in [4.78, 5) is 21.1. The molecule has 6 heteroatoms. The molecule has 2 aromatic heterocycles. The molecule has 1 fully saturated rings. The summed E-state index contributed by atoms with van der Waals surface area (Å²) in [6.45, 7) is 7.54. The molecule has 3 rings (SSSR count). The van der Waals surface area contributed by atoms with Gasteiger partial charge in [0, 0.05) is 23.9 Å². The van der Waals surface area contributed by atoms with Gasteiger partial charge in [-0.25, -0.2) is 4.98 Å². The minimum Gasteiger partial charge on any atom is -0.387 e. The molecule has 1 amide bonds. The summed E-state index contributed by atoms with van der Waals surface area (Å²) >= 11 is 3.12. The lowest BCUT2D eigenvalue weighted by Crippen LogP contribution is -2.39. The molecule has 3 heterocycles. The van der Waals surface area contributed by atoms with Gasteiger partial charge in [-0.3, -0.25) is 4.79 Å². The number of carbonyl (C=O) groups is 1. The summed E-state index contributed by atoms with van der Waals surface area (Å²) in [5, 5.41) is 13.5. The Morgan fingerprint density at radius 1 is 1.38 bits per heavy atom. The summed E-state index contributed by atoms with van der Waals surface area (Å²) in [6, 6.07) is 3.96. The fourth-order valence-electron chi connectivity index (χ4n) is 3.12. The van der Waals surface area contributed by atoms with Crippen LogP contribution in [0, 0.1) is 12.8 Å². The average Bonchev–Trinajstić information content (AvgIpc) is 3.23. The van der Waals surface area contributed by atoms with Crippen LogP contribution in [0.4, 0.5) is 0 Å². The Bertz CT molecular complexity index is 686. The van der Waals surface area contributed by atoms with Crippen molar-refractivity contribution in [3.63, 3.8) is 0 Å². The molecule has 0 aliphatic carbocycles. The van der Waals surface area contributed by atoms with Gasteiger partial charge < -0.3 is 10.0 Å². The molecule has 1 aliphatic heterocycles. The van der Waals surface area contributed by atoms with E-state index in [2.05, 4.69) is 18.8 Å². The predicted octanol–water partition coefficient (Wildman–Crippen LogP) is 4.22. The molecule has 0 spiro atoms. The molecule has 1 saturated heterocycles. The van der Waals surface area contributed by atoms with E-state index < -0.39 is 6.10 Å². The lowest BCUT2D eigenvalue weighted by atomic mass is 9.90. The monoisotopic (exact) mass is 364 g/mol. The highest BCUT2D eigenvalue weighted by Gasteiger charge is 2.30. The molecule has 0 saturated carbocycles. The van der Waals surface area contributed by atoms with Gasteiger partial charge in [0.25, 0.3) is 5.91 Å². The fourth-order valence-corrected chi connectivity index (χ4v) is 4.96. The molecule has 1 N–H and O–H groups in total. The van der Waals surface area contributed by atoms with E-state index in [1.54, 1.807) is 11.3 Å². The molecule has 0 aromatic carbocycles. The third-order valence-corrected chi connectivity index (χ3v) is 7.00. The highest BCUT2D eigenvalue weighted by atomic mass is 32.1. The first-order valence-electron chi connectivity index (χ1n) is 8.45. The van der Waals surface area contributed by atoms with E-state index >= 15 is 0 Å².